The van der Waals surface area contributed by atoms with Crippen molar-refractivity contribution in [2.75, 3.05) is 6.54 Å². The second-order valence-corrected chi connectivity index (χ2v) is 7.91. The summed E-state index contributed by atoms with van der Waals surface area (Å²) in [6.07, 6.45) is 6.96. The van der Waals surface area contributed by atoms with Crippen LogP contribution in [-0.4, -0.2) is 27.3 Å². The van der Waals surface area contributed by atoms with Crippen LogP contribution in [0, 0.1) is 11.8 Å². The summed E-state index contributed by atoms with van der Waals surface area (Å²) in [5.41, 5.74) is 4.38. The van der Waals surface area contributed by atoms with Crippen molar-refractivity contribution in [3.8, 4) is 11.3 Å². The Morgan fingerprint density at radius 3 is 2.83 bits per heavy atom. The third kappa shape index (κ3) is 2.97. The molecule has 1 saturated carbocycles. The van der Waals surface area contributed by atoms with Gasteiger partial charge >= 0.3 is 0 Å². The summed E-state index contributed by atoms with van der Waals surface area (Å²) >= 11 is 1.67. The number of amides is 1. The van der Waals surface area contributed by atoms with E-state index in [2.05, 4.69) is 33.7 Å². The number of carbonyl (C=O) groups is 1. The van der Waals surface area contributed by atoms with E-state index in [4.69, 9.17) is 0 Å². The normalized spacial score (nSPS) is 23.8. The highest BCUT2D eigenvalue weighted by Gasteiger charge is 2.31. The van der Waals surface area contributed by atoms with E-state index in [1.807, 2.05) is 4.90 Å². The lowest BCUT2D eigenvalue weighted by atomic mass is 9.82. The number of hydrogen-bond donors (Lipinski definition) is 0. The van der Waals surface area contributed by atoms with Crippen molar-refractivity contribution in [1.82, 2.24) is 14.9 Å². The highest BCUT2D eigenvalue weighted by Crippen LogP contribution is 2.33. The molecule has 1 aliphatic heterocycles. The molecular weight excluding hydrogens is 318 g/mol. The molecule has 2 aromatic heterocycles. The molecule has 3 heterocycles. The Bertz CT molecular complexity index is 720. The minimum absolute atomic E-state index is 0.219. The maximum atomic E-state index is 13.0. The summed E-state index contributed by atoms with van der Waals surface area (Å²) in [5.74, 6) is 1.33. The number of carbonyl (C=O) groups excluding carboxylic acids is 1. The molecule has 2 aliphatic rings. The van der Waals surface area contributed by atoms with Crippen LogP contribution in [0.3, 0.4) is 0 Å². The second kappa shape index (κ2) is 6.63. The number of aromatic nitrogens is 2. The summed E-state index contributed by atoms with van der Waals surface area (Å²) < 4.78 is 0. The van der Waals surface area contributed by atoms with E-state index in [-0.39, 0.29) is 5.92 Å². The van der Waals surface area contributed by atoms with E-state index >= 15 is 0 Å². The van der Waals surface area contributed by atoms with Gasteiger partial charge < -0.3 is 4.90 Å². The molecule has 2 aromatic rings. The van der Waals surface area contributed by atoms with Crippen molar-refractivity contribution >= 4 is 17.2 Å². The SMILES string of the molecule is CC1CCC(C(=O)N2CCc3ncnc(-c4ccsc4)c3C2)CC1. The van der Waals surface area contributed by atoms with Crippen molar-refractivity contribution in [2.45, 2.75) is 45.6 Å². The van der Waals surface area contributed by atoms with Crippen LogP contribution in [0.1, 0.15) is 43.9 Å². The summed E-state index contributed by atoms with van der Waals surface area (Å²) in [7, 11) is 0. The summed E-state index contributed by atoms with van der Waals surface area (Å²) in [5, 5.41) is 4.19. The summed E-state index contributed by atoms with van der Waals surface area (Å²) in [6, 6.07) is 2.09. The van der Waals surface area contributed by atoms with Crippen molar-refractivity contribution in [1.29, 1.82) is 0 Å². The first-order chi connectivity index (χ1) is 11.7. The molecule has 0 unspecified atom stereocenters. The van der Waals surface area contributed by atoms with Gasteiger partial charge in [0, 0.05) is 41.9 Å². The Labute approximate surface area is 146 Å². The summed E-state index contributed by atoms with van der Waals surface area (Å²) in [4.78, 5) is 24.0. The molecular formula is C19H23N3OS. The van der Waals surface area contributed by atoms with Gasteiger partial charge in [-0.1, -0.05) is 6.92 Å². The molecule has 0 atom stereocenters. The standard InChI is InChI=1S/C19H23N3OS/c1-13-2-4-14(5-3-13)19(23)22-8-6-17-16(10-22)18(21-12-20-17)15-7-9-24-11-15/h7,9,11-14H,2-6,8,10H2,1H3. The first-order valence-corrected chi connectivity index (χ1v) is 9.80. The van der Waals surface area contributed by atoms with Crippen LogP contribution in [0.2, 0.25) is 0 Å². The topological polar surface area (TPSA) is 46.1 Å². The van der Waals surface area contributed by atoms with Crippen LogP contribution in [0.5, 0.6) is 0 Å². The van der Waals surface area contributed by atoms with Gasteiger partial charge in [0.2, 0.25) is 5.91 Å². The fourth-order valence-corrected chi connectivity index (χ4v) is 4.58. The molecule has 4 rings (SSSR count). The molecule has 0 bridgehead atoms. The van der Waals surface area contributed by atoms with Crippen LogP contribution < -0.4 is 0 Å². The van der Waals surface area contributed by atoms with Crippen molar-refractivity contribution in [2.24, 2.45) is 11.8 Å². The van der Waals surface area contributed by atoms with Crippen molar-refractivity contribution < 1.29 is 4.79 Å². The predicted octanol–water partition coefficient (Wildman–Crippen LogP) is 3.92. The van der Waals surface area contributed by atoms with Gasteiger partial charge in [-0.05, 0) is 43.0 Å². The smallest absolute Gasteiger partial charge is 0.225 e. The highest BCUT2D eigenvalue weighted by molar-refractivity contribution is 7.08. The van der Waals surface area contributed by atoms with Crippen LogP contribution in [0.4, 0.5) is 0 Å². The first kappa shape index (κ1) is 15.8. The van der Waals surface area contributed by atoms with Gasteiger partial charge in [0.25, 0.3) is 0 Å². The van der Waals surface area contributed by atoms with Gasteiger partial charge in [-0.25, -0.2) is 9.97 Å². The third-order valence-corrected chi connectivity index (χ3v) is 6.16. The molecule has 4 nitrogen and oxygen atoms in total. The molecule has 5 heteroatoms. The monoisotopic (exact) mass is 341 g/mol. The molecule has 0 spiro atoms. The minimum atomic E-state index is 0.219. The van der Waals surface area contributed by atoms with E-state index in [0.29, 0.717) is 12.5 Å². The van der Waals surface area contributed by atoms with Crippen LogP contribution in [0.25, 0.3) is 11.3 Å². The average molecular weight is 341 g/mol. The number of fused-ring (bicyclic) bond motifs is 1. The molecule has 1 amide bonds. The van der Waals surface area contributed by atoms with Crippen LogP contribution in [-0.2, 0) is 17.8 Å². The van der Waals surface area contributed by atoms with Gasteiger partial charge in [-0.2, -0.15) is 11.3 Å². The van der Waals surface area contributed by atoms with Crippen molar-refractivity contribution in [3.05, 3.63) is 34.4 Å². The zero-order valence-electron chi connectivity index (χ0n) is 14.1. The number of nitrogens with zero attached hydrogens (tertiary/aromatic N) is 3. The molecule has 0 saturated heterocycles. The average Bonchev–Trinajstić information content (AvgIpc) is 3.15. The first-order valence-electron chi connectivity index (χ1n) is 8.86. The Morgan fingerprint density at radius 1 is 1.25 bits per heavy atom. The molecule has 0 aromatic carbocycles. The second-order valence-electron chi connectivity index (χ2n) is 7.13. The zero-order valence-corrected chi connectivity index (χ0v) is 14.9. The predicted molar refractivity (Wildman–Crippen MR) is 95.6 cm³/mol. The number of rotatable bonds is 2. The van der Waals surface area contributed by atoms with E-state index in [9.17, 15) is 4.79 Å². The van der Waals surface area contributed by atoms with Gasteiger partial charge in [0.15, 0.2) is 0 Å². The Morgan fingerprint density at radius 2 is 2.08 bits per heavy atom. The number of hydrogen-bond acceptors (Lipinski definition) is 4. The lowest BCUT2D eigenvalue weighted by Gasteiger charge is -2.34. The molecule has 0 radical (unpaired) electrons. The Balaban J connectivity index is 1.56. The Hall–Kier alpha value is -1.75. The maximum absolute atomic E-state index is 13.0. The van der Waals surface area contributed by atoms with Crippen LogP contribution >= 0.6 is 11.3 Å². The van der Waals surface area contributed by atoms with Crippen LogP contribution in [0.15, 0.2) is 23.2 Å². The molecule has 126 valence electrons. The zero-order chi connectivity index (χ0) is 16.5. The molecule has 24 heavy (non-hydrogen) atoms. The van der Waals surface area contributed by atoms with Gasteiger partial charge in [-0.3, -0.25) is 4.79 Å². The van der Waals surface area contributed by atoms with E-state index in [1.54, 1.807) is 17.7 Å². The van der Waals surface area contributed by atoms with E-state index in [0.717, 1.165) is 54.2 Å². The van der Waals surface area contributed by atoms with Gasteiger partial charge in [-0.15, -0.1) is 0 Å². The van der Waals surface area contributed by atoms with E-state index in [1.165, 1.54) is 12.8 Å². The lowest BCUT2D eigenvalue weighted by Crippen LogP contribution is -2.41. The molecule has 0 N–H and O–H groups in total. The minimum Gasteiger partial charge on any atom is -0.338 e. The number of thiophene rings is 1. The maximum Gasteiger partial charge on any atom is 0.225 e. The summed E-state index contributed by atoms with van der Waals surface area (Å²) in [6.45, 7) is 3.74. The molecule has 1 aliphatic carbocycles. The largest absolute Gasteiger partial charge is 0.338 e. The third-order valence-electron chi connectivity index (χ3n) is 5.47. The lowest BCUT2D eigenvalue weighted by molar-refractivity contribution is -0.137. The highest BCUT2D eigenvalue weighted by atomic mass is 32.1. The van der Waals surface area contributed by atoms with E-state index < -0.39 is 0 Å². The fourth-order valence-electron chi connectivity index (χ4n) is 3.94. The quantitative estimate of drug-likeness (QED) is 0.832. The molecule has 1 fully saturated rings. The van der Waals surface area contributed by atoms with Crippen molar-refractivity contribution in [3.63, 3.8) is 0 Å². The van der Waals surface area contributed by atoms with Gasteiger partial charge in [0.1, 0.15) is 6.33 Å². The van der Waals surface area contributed by atoms with Gasteiger partial charge in [0.05, 0.1) is 11.4 Å². The fraction of sp³-hybridized carbons (Fsp3) is 0.526. The Kier molecular flexibility index (Phi) is 4.35.